The molecule has 2 fully saturated rings. The van der Waals surface area contributed by atoms with Gasteiger partial charge in [0, 0.05) is 31.6 Å². The minimum atomic E-state index is -4.11. The molecule has 1 heterocycles. The van der Waals surface area contributed by atoms with Crippen LogP contribution in [0.2, 0.25) is 0 Å². The summed E-state index contributed by atoms with van der Waals surface area (Å²) in [5.41, 5.74) is 0. The van der Waals surface area contributed by atoms with Gasteiger partial charge in [-0.3, -0.25) is 4.79 Å². The fourth-order valence-electron chi connectivity index (χ4n) is 3.50. The third-order valence-electron chi connectivity index (χ3n) is 4.88. The molecule has 2 rings (SSSR count). The first kappa shape index (κ1) is 16.6. The van der Waals surface area contributed by atoms with Gasteiger partial charge in [0.2, 0.25) is 5.91 Å². The Bertz CT molecular complexity index is 362. The standard InChI is InChI=1S/C15H25F3N2O/c1-10(2)13-9-19-7-8-20(13)14(21)11-3-5-12(6-4-11)15(16,17)18/h10-13,19H,3-9H2,1-2H3. The van der Waals surface area contributed by atoms with Crippen LogP contribution in [0.5, 0.6) is 0 Å². The van der Waals surface area contributed by atoms with Crippen molar-refractivity contribution < 1.29 is 18.0 Å². The summed E-state index contributed by atoms with van der Waals surface area (Å²) in [6.45, 7) is 6.38. The van der Waals surface area contributed by atoms with Crippen LogP contribution < -0.4 is 5.32 Å². The van der Waals surface area contributed by atoms with E-state index in [0.29, 0.717) is 25.3 Å². The van der Waals surface area contributed by atoms with Gasteiger partial charge in [-0.15, -0.1) is 0 Å². The molecule has 6 heteroatoms. The number of piperazine rings is 1. The number of halogens is 3. The third kappa shape index (κ3) is 3.90. The molecule has 1 amide bonds. The predicted molar refractivity (Wildman–Crippen MR) is 74.7 cm³/mol. The predicted octanol–water partition coefficient (Wildman–Crippen LogP) is 2.81. The van der Waals surface area contributed by atoms with Gasteiger partial charge in [0.15, 0.2) is 0 Å². The molecule has 1 aliphatic carbocycles. The monoisotopic (exact) mass is 306 g/mol. The van der Waals surface area contributed by atoms with Crippen LogP contribution in [-0.4, -0.2) is 42.7 Å². The van der Waals surface area contributed by atoms with E-state index < -0.39 is 12.1 Å². The van der Waals surface area contributed by atoms with Gasteiger partial charge in [-0.25, -0.2) is 0 Å². The van der Waals surface area contributed by atoms with Crippen molar-refractivity contribution in [3.05, 3.63) is 0 Å². The van der Waals surface area contributed by atoms with E-state index in [1.165, 1.54) is 0 Å². The molecular formula is C15H25F3N2O. The first-order valence-corrected chi connectivity index (χ1v) is 7.88. The van der Waals surface area contributed by atoms with Gasteiger partial charge in [0.1, 0.15) is 0 Å². The molecule has 3 nitrogen and oxygen atoms in total. The topological polar surface area (TPSA) is 32.3 Å². The Balaban J connectivity index is 1.94. The fraction of sp³-hybridized carbons (Fsp3) is 0.933. The normalized spacial score (nSPS) is 31.5. The zero-order chi connectivity index (χ0) is 15.6. The first-order valence-electron chi connectivity index (χ1n) is 7.88. The Morgan fingerprint density at radius 1 is 1.19 bits per heavy atom. The molecule has 0 spiro atoms. The quantitative estimate of drug-likeness (QED) is 0.851. The summed E-state index contributed by atoms with van der Waals surface area (Å²) in [5, 5.41) is 3.29. The minimum Gasteiger partial charge on any atom is -0.337 e. The maximum atomic E-state index is 12.7. The SMILES string of the molecule is CC(C)C1CNCCN1C(=O)C1CCC(C(F)(F)F)CC1. The van der Waals surface area contributed by atoms with Crippen molar-refractivity contribution in [3.8, 4) is 0 Å². The largest absolute Gasteiger partial charge is 0.391 e. The summed E-state index contributed by atoms with van der Waals surface area (Å²) in [5.74, 6) is -1.02. The Kier molecular flexibility index (Phi) is 5.17. The average molecular weight is 306 g/mol. The summed E-state index contributed by atoms with van der Waals surface area (Å²) < 4.78 is 38.1. The van der Waals surface area contributed by atoms with Crippen LogP contribution in [0.3, 0.4) is 0 Å². The number of nitrogens with one attached hydrogen (secondary N) is 1. The second kappa shape index (κ2) is 6.55. The lowest BCUT2D eigenvalue weighted by molar-refractivity contribution is -0.185. The second-order valence-corrected chi connectivity index (χ2v) is 6.64. The Hall–Kier alpha value is -0.780. The van der Waals surface area contributed by atoms with Gasteiger partial charge >= 0.3 is 6.18 Å². The van der Waals surface area contributed by atoms with Crippen LogP contribution in [0.15, 0.2) is 0 Å². The number of rotatable bonds is 2. The Morgan fingerprint density at radius 2 is 1.81 bits per heavy atom. The molecule has 0 aromatic carbocycles. The Labute approximate surface area is 124 Å². The highest BCUT2D eigenvalue weighted by atomic mass is 19.4. The number of alkyl halides is 3. The van der Waals surface area contributed by atoms with Gasteiger partial charge in [-0.2, -0.15) is 13.2 Å². The average Bonchev–Trinajstić information content (AvgIpc) is 2.45. The maximum absolute atomic E-state index is 12.7. The summed E-state index contributed by atoms with van der Waals surface area (Å²) in [4.78, 5) is 14.5. The van der Waals surface area contributed by atoms with E-state index in [2.05, 4.69) is 19.2 Å². The minimum absolute atomic E-state index is 0.0656. The molecule has 2 aliphatic rings. The number of nitrogens with zero attached hydrogens (tertiary/aromatic N) is 1. The summed E-state index contributed by atoms with van der Waals surface area (Å²) in [6.07, 6.45) is -3.17. The number of amides is 1. The van der Waals surface area contributed by atoms with Crippen LogP contribution in [0.1, 0.15) is 39.5 Å². The van der Waals surface area contributed by atoms with Crippen molar-refractivity contribution in [3.63, 3.8) is 0 Å². The molecule has 1 saturated carbocycles. The van der Waals surface area contributed by atoms with Gasteiger partial charge in [-0.1, -0.05) is 13.8 Å². The smallest absolute Gasteiger partial charge is 0.337 e. The van der Waals surface area contributed by atoms with E-state index in [4.69, 9.17) is 0 Å². The van der Waals surface area contributed by atoms with E-state index in [1.807, 2.05) is 4.90 Å². The first-order chi connectivity index (χ1) is 9.80. The van der Waals surface area contributed by atoms with Crippen LogP contribution in [0.25, 0.3) is 0 Å². The zero-order valence-corrected chi connectivity index (χ0v) is 12.7. The van der Waals surface area contributed by atoms with E-state index in [-0.39, 0.29) is 30.7 Å². The van der Waals surface area contributed by atoms with Crippen LogP contribution in [-0.2, 0) is 4.79 Å². The lowest BCUT2D eigenvalue weighted by atomic mass is 9.80. The van der Waals surface area contributed by atoms with Crippen LogP contribution in [0, 0.1) is 17.8 Å². The van der Waals surface area contributed by atoms with Crippen molar-refractivity contribution >= 4 is 5.91 Å². The molecule has 0 aromatic rings. The maximum Gasteiger partial charge on any atom is 0.391 e. The molecule has 122 valence electrons. The fourth-order valence-corrected chi connectivity index (χ4v) is 3.50. The van der Waals surface area contributed by atoms with Gasteiger partial charge in [-0.05, 0) is 31.6 Å². The number of hydrogen-bond donors (Lipinski definition) is 1. The molecule has 1 N–H and O–H groups in total. The van der Waals surface area contributed by atoms with Crippen molar-refractivity contribution in [1.29, 1.82) is 0 Å². The molecule has 1 aliphatic heterocycles. The van der Waals surface area contributed by atoms with E-state index >= 15 is 0 Å². The van der Waals surface area contributed by atoms with Crippen molar-refractivity contribution in [1.82, 2.24) is 10.2 Å². The molecule has 1 saturated heterocycles. The number of carbonyl (C=O) groups is 1. The highest BCUT2D eigenvalue weighted by Crippen LogP contribution is 2.40. The molecule has 1 unspecified atom stereocenters. The number of hydrogen-bond acceptors (Lipinski definition) is 2. The van der Waals surface area contributed by atoms with E-state index in [0.717, 1.165) is 13.1 Å². The highest BCUT2D eigenvalue weighted by molar-refractivity contribution is 5.79. The highest BCUT2D eigenvalue weighted by Gasteiger charge is 2.43. The van der Waals surface area contributed by atoms with Gasteiger partial charge in [0.05, 0.1) is 5.92 Å². The van der Waals surface area contributed by atoms with E-state index in [1.54, 1.807) is 0 Å². The molecule has 0 aromatic heterocycles. The molecule has 21 heavy (non-hydrogen) atoms. The van der Waals surface area contributed by atoms with Crippen molar-refractivity contribution in [2.75, 3.05) is 19.6 Å². The summed E-state index contributed by atoms with van der Waals surface area (Å²) >= 11 is 0. The molecular weight excluding hydrogens is 281 g/mol. The van der Waals surface area contributed by atoms with Crippen molar-refractivity contribution in [2.45, 2.75) is 51.7 Å². The number of carbonyl (C=O) groups excluding carboxylic acids is 1. The van der Waals surface area contributed by atoms with E-state index in [9.17, 15) is 18.0 Å². The molecule has 0 bridgehead atoms. The van der Waals surface area contributed by atoms with Crippen molar-refractivity contribution in [2.24, 2.45) is 17.8 Å². The lowest BCUT2D eigenvalue weighted by Crippen LogP contribution is -2.57. The molecule has 1 atom stereocenters. The van der Waals surface area contributed by atoms with Gasteiger partial charge in [0.25, 0.3) is 0 Å². The molecule has 0 radical (unpaired) electrons. The summed E-state index contributed by atoms with van der Waals surface area (Å²) in [6, 6.07) is 0.159. The third-order valence-corrected chi connectivity index (χ3v) is 4.88. The van der Waals surface area contributed by atoms with Crippen LogP contribution in [0.4, 0.5) is 13.2 Å². The second-order valence-electron chi connectivity index (χ2n) is 6.64. The summed E-state index contributed by atoms with van der Waals surface area (Å²) in [7, 11) is 0. The lowest BCUT2D eigenvalue weighted by Gasteiger charge is -2.41. The Morgan fingerprint density at radius 3 is 2.33 bits per heavy atom. The van der Waals surface area contributed by atoms with Crippen LogP contribution >= 0.6 is 0 Å². The van der Waals surface area contributed by atoms with Gasteiger partial charge < -0.3 is 10.2 Å². The zero-order valence-electron chi connectivity index (χ0n) is 12.7.